The molecule has 0 aliphatic carbocycles. The first-order chi connectivity index (χ1) is 29.9. The van der Waals surface area contributed by atoms with E-state index in [1.165, 1.54) is 6.92 Å². The van der Waals surface area contributed by atoms with Crippen molar-refractivity contribution < 1.29 is 77.8 Å². The summed E-state index contributed by atoms with van der Waals surface area (Å²) in [7, 11) is 1.13. The topological polar surface area (TPSA) is 438 Å². The number of carbonyl (C=O) groups is 10. The van der Waals surface area contributed by atoms with Crippen molar-refractivity contribution in [3.8, 4) is 0 Å². The maximum atomic E-state index is 13.6. The number of nitrogens with zero attached hydrogens (tertiary/aromatic N) is 1. The van der Waals surface area contributed by atoms with E-state index in [0.29, 0.717) is 0 Å². The fourth-order valence-corrected chi connectivity index (χ4v) is 7.81. The number of aliphatic hydroxyl groups excluding tert-OH is 2. The third kappa shape index (κ3) is 14.8. The first-order valence-corrected chi connectivity index (χ1v) is 21.2. The van der Waals surface area contributed by atoms with Gasteiger partial charge in [-0.2, -0.15) is 0 Å². The highest BCUT2D eigenvalue weighted by molar-refractivity contribution is 8.00. The molecule has 0 spiro atoms. The van der Waals surface area contributed by atoms with Crippen molar-refractivity contribution in [2.45, 2.75) is 119 Å². The number of amides is 7. The molecular formula is C37H60N10O16S. The second-order valence-electron chi connectivity index (χ2n) is 15.4. The summed E-state index contributed by atoms with van der Waals surface area (Å²) in [4.78, 5) is 127. The Kier molecular flexibility index (Phi) is 21.5. The third-order valence-electron chi connectivity index (χ3n) is 10.00. The van der Waals surface area contributed by atoms with Crippen molar-refractivity contribution in [1.29, 1.82) is 0 Å². The van der Waals surface area contributed by atoms with Crippen LogP contribution in [0.5, 0.6) is 0 Å². The predicted octanol–water partition coefficient (Wildman–Crippen LogP) is -5.88. The zero-order chi connectivity index (χ0) is 48.6. The average Bonchev–Trinajstić information content (AvgIpc) is 3.22. The van der Waals surface area contributed by atoms with Crippen molar-refractivity contribution in [2.24, 2.45) is 28.9 Å². The number of carbonyl (C=O) groups excluding carboxylic acids is 8. The molecule has 1 saturated heterocycles. The predicted molar refractivity (Wildman–Crippen MR) is 222 cm³/mol. The van der Waals surface area contributed by atoms with E-state index < -0.39 is 150 Å². The van der Waals surface area contributed by atoms with E-state index in [1.807, 2.05) is 0 Å². The molecule has 1 fully saturated rings. The molecule has 17 N–H and O–H groups in total. The monoisotopic (exact) mass is 932 g/mol. The van der Waals surface area contributed by atoms with Crippen LogP contribution in [0.4, 0.5) is 0 Å². The molecule has 2 rings (SSSR count). The second kappa shape index (κ2) is 25.1. The highest BCUT2D eigenvalue weighted by Gasteiger charge is 2.66. The molecule has 2 aliphatic heterocycles. The summed E-state index contributed by atoms with van der Waals surface area (Å²) in [6.45, 7) is 3.05. The maximum Gasteiger partial charge on any atom is 0.352 e. The number of rotatable bonds is 28. The summed E-state index contributed by atoms with van der Waals surface area (Å²) in [5.41, 5.74) is 19.4. The molecule has 2 aliphatic rings. The van der Waals surface area contributed by atoms with Gasteiger partial charge in [-0.15, -0.1) is 11.8 Å². The Morgan fingerprint density at radius 2 is 1.52 bits per heavy atom. The van der Waals surface area contributed by atoms with Crippen LogP contribution in [0.1, 0.15) is 65.7 Å². The summed E-state index contributed by atoms with van der Waals surface area (Å²) in [5.74, 6) is -10.8. The molecule has 2 heterocycles. The summed E-state index contributed by atoms with van der Waals surface area (Å²) in [6, 6.07) is -7.88. The van der Waals surface area contributed by atoms with E-state index in [-0.39, 0.29) is 50.0 Å². The Bertz CT molecular complexity index is 1800. The Morgan fingerprint density at radius 1 is 0.891 bits per heavy atom. The highest BCUT2D eigenvalue weighted by Crippen LogP contribution is 2.46. The number of β-lactam (4-membered cyclic amide) rings is 1. The van der Waals surface area contributed by atoms with Gasteiger partial charge in [0.05, 0.1) is 31.2 Å². The molecule has 0 radical (unpaired) electrons. The number of fused-ring (bicyclic) bond motifs is 1. The smallest absolute Gasteiger partial charge is 0.352 e. The number of carboxylic acids is 2. The van der Waals surface area contributed by atoms with Crippen LogP contribution in [-0.4, -0.2) is 171 Å². The van der Waals surface area contributed by atoms with Crippen LogP contribution >= 0.6 is 11.8 Å². The largest absolute Gasteiger partial charge is 0.480 e. The summed E-state index contributed by atoms with van der Waals surface area (Å²) in [5, 5.41) is 50.7. The number of hydrogen-bond acceptors (Lipinski definition) is 18. The van der Waals surface area contributed by atoms with Gasteiger partial charge >= 0.3 is 17.9 Å². The number of carboxylic acid groups (broad SMARTS) is 2. The Balaban J connectivity index is 2.15. The van der Waals surface area contributed by atoms with Crippen LogP contribution in [0.2, 0.25) is 0 Å². The Morgan fingerprint density at radius 3 is 2.05 bits per heavy atom. The Labute approximate surface area is 371 Å². The van der Waals surface area contributed by atoms with E-state index in [1.54, 1.807) is 13.8 Å². The van der Waals surface area contributed by atoms with Crippen LogP contribution in [0.25, 0.3) is 0 Å². The lowest BCUT2D eigenvalue weighted by Gasteiger charge is -2.55. The summed E-state index contributed by atoms with van der Waals surface area (Å²) >= 11 is 0.980. The van der Waals surface area contributed by atoms with Gasteiger partial charge in [0.2, 0.25) is 35.4 Å². The normalized spacial score (nSPS) is 20.2. The second-order valence-corrected chi connectivity index (χ2v) is 16.5. The molecule has 2 unspecified atom stereocenters. The van der Waals surface area contributed by atoms with Crippen LogP contribution in [0.3, 0.4) is 0 Å². The number of primary amides is 1. The van der Waals surface area contributed by atoms with Crippen LogP contribution in [0, 0.1) is 5.92 Å². The lowest BCUT2D eigenvalue weighted by atomic mass is 9.97. The SMILES string of the molecule is CO[C@@]1(NC(=O)CCC[C@@H](N)C(=O)O)C(=O)N2C(C(=O)O)=C(COC(=O)CC(O)C(CC(N)=O)NC(=O)[C@@H](NC(=O)[C@H](CCCN)NC(=O)[C@H](CO)NC(=O)[C@H](C)N)C(C)C)CS[C@@H]21. The van der Waals surface area contributed by atoms with Gasteiger partial charge in [0.15, 0.2) is 0 Å². The molecule has 0 saturated carbocycles. The number of methoxy groups -OCH3 is 1. The number of nitrogens with one attached hydrogen (secondary N) is 5. The average molecular weight is 933 g/mol. The van der Waals surface area contributed by atoms with E-state index in [4.69, 9.17) is 37.5 Å². The quantitative estimate of drug-likeness (QED) is 0.0197. The van der Waals surface area contributed by atoms with Gasteiger partial charge in [-0.25, -0.2) is 4.79 Å². The van der Waals surface area contributed by atoms with Gasteiger partial charge in [-0.1, -0.05) is 13.8 Å². The number of hydrogen-bond donors (Lipinski definition) is 13. The number of nitrogens with two attached hydrogens (primary N) is 4. The zero-order valence-electron chi connectivity index (χ0n) is 35.8. The van der Waals surface area contributed by atoms with Crippen LogP contribution < -0.4 is 49.5 Å². The van der Waals surface area contributed by atoms with Crippen molar-refractivity contribution in [1.82, 2.24) is 31.5 Å². The number of aliphatic hydroxyl groups is 2. The first-order valence-electron chi connectivity index (χ1n) is 20.1. The molecular weight excluding hydrogens is 873 g/mol. The molecule has 27 heteroatoms. The number of thioether (sulfide) groups is 1. The molecule has 9 atom stereocenters. The van der Waals surface area contributed by atoms with Gasteiger partial charge in [0.25, 0.3) is 11.6 Å². The number of aliphatic carboxylic acids is 2. The van der Waals surface area contributed by atoms with E-state index in [0.717, 1.165) is 23.8 Å². The molecule has 64 heavy (non-hydrogen) atoms. The molecule has 360 valence electrons. The van der Waals surface area contributed by atoms with E-state index >= 15 is 0 Å². The number of esters is 1. The fraction of sp³-hybridized carbons (Fsp3) is 0.676. The number of ether oxygens (including phenoxy) is 2. The molecule has 0 aromatic carbocycles. The maximum absolute atomic E-state index is 13.6. The van der Waals surface area contributed by atoms with Gasteiger partial charge in [0.1, 0.15) is 41.8 Å². The molecule has 26 nitrogen and oxygen atoms in total. The highest BCUT2D eigenvalue weighted by atomic mass is 32.2. The van der Waals surface area contributed by atoms with E-state index in [9.17, 15) is 63.3 Å². The van der Waals surface area contributed by atoms with E-state index in [2.05, 4.69) is 26.6 Å². The molecule has 0 aromatic rings. The molecule has 0 bridgehead atoms. The minimum atomic E-state index is -1.96. The summed E-state index contributed by atoms with van der Waals surface area (Å²) in [6.07, 6.45) is -3.35. The van der Waals surface area contributed by atoms with Gasteiger partial charge < -0.3 is 79.4 Å². The van der Waals surface area contributed by atoms with Crippen molar-refractivity contribution in [3.05, 3.63) is 11.3 Å². The first kappa shape index (κ1) is 54.7. The Hall–Kier alpha value is -5.45. The standard InChI is InChI=1S/C37H60N10O16S/c1-16(2)27(45-30(54)20(8-6-10-38)42-31(55)22(13-48)44-29(53)17(3)39)32(56)43-21(11-24(41)50)23(49)12-26(52)63-14-18-15-64-36-37(62-4,35(61)47(36)28(18)34(59)60)46-25(51)9-5-7-19(40)33(57)58/h16-17,19-23,27,36,48-49H,5-15,38-40H2,1-4H3,(H2,41,50)(H,42,55)(H,43,56)(H,44,53)(H,45,54)(H,46,51)(H,57,58)(H,59,60)/t17-,19+,20-,21?,22-,23?,27-,36+,37-/m0/s1. The fourth-order valence-electron chi connectivity index (χ4n) is 6.39. The molecule has 0 aromatic heterocycles. The van der Waals surface area contributed by atoms with Gasteiger partial charge in [-0.3, -0.25) is 48.1 Å². The third-order valence-corrected chi connectivity index (χ3v) is 11.4. The van der Waals surface area contributed by atoms with Gasteiger partial charge in [-0.05, 0) is 45.1 Å². The lowest BCUT2D eigenvalue weighted by Crippen LogP contribution is -2.80. The lowest BCUT2D eigenvalue weighted by molar-refractivity contribution is -0.192. The van der Waals surface area contributed by atoms with Crippen molar-refractivity contribution >= 4 is 71.0 Å². The van der Waals surface area contributed by atoms with Crippen molar-refractivity contribution in [3.63, 3.8) is 0 Å². The van der Waals surface area contributed by atoms with Crippen LogP contribution in [-0.2, 0) is 57.4 Å². The van der Waals surface area contributed by atoms with Crippen molar-refractivity contribution in [2.75, 3.05) is 32.6 Å². The van der Waals surface area contributed by atoms with Crippen LogP contribution in [0.15, 0.2) is 11.3 Å². The minimum Gasteiger partial charge on any atom is -0.480 e. The molecule has 7 amide bonds. The summed E-state index contributed by atoms with van der Waals surface area (Å²) < 4.78 is 10.6. The van der Waals surface area contributed by atoms with Gasteiger partial charge in [0, 0.05) is 31.3 Å². The zero-order valence-corrected chi connectivity index (χ0v) is 36.6. The minimum absolute atomic E-state index is 0.0231.